The fraction of sp³-hybridized carbons (Fsp3) is 1.00. The molecule has 0 saturated heterocycles. The van der Waals surface area contributed by atoms with Crippen LogP contribution in [0.15, 0.2) is 0 Å². The highest BCUT2D eigenvalue weighted by Gasteiger charge is 2.07. The third-order valence-corrected chi connectivity index (χ3v) is 2.59. The second-order valence-electron chi connectivity index (χ2n) is 3.62. The molecule has 12 heavy (non-hydrogen) atoms. The van der Waals surface area contributed by atoms with Crippen LogP contribution in [-0.2, 0) is 0 Å². The van der Waals surface area contributed by atoms with Crippen molar-refractivity contribution in [3.8, 4) is 0 Å². The van der Waals surface area contributed by atoms with Crippen LogP contribution < -0.4 is 11.1 Å². The predicted molar refractivity (Wildman–Crippen MR) is 55.2 cm³/mol. The van der Waals surface area contributed by atoms with E-state index >= 15 is 0 Å². The molecule has 2 atom stereocenters. The molecule has 0 heterocycles. The molecule has 0 aromatic heterocycles. The summed E-state index contributed by atoms with van der Waals surface area (Å²) in [4.78, 5) is 0. The highest BCUT2D eigenvalue weighted by Crippen LogP contribution is 2.06. The number of unbranched alkanes of at least 4 members (excludes halogenated alkanes) is 1. The van der Waals surface area contributed by atoms with Crippen molar-refractivity contribution in [1.82, 2.24) is 5.32 Å². The van der Waals surface area contributed by atoms with E-state index in [-0.39, 0.29) is 0 Å². The van der Waals surface area contributed by atoms with Gasteiger partial charge in [-0.2, -0.15) is 0 Å². The maximum Gasteiger partial charge on any atom is 0.00642 e. The number of hydrogen-bond donors (Lipinski definition) is 2. The smallest absolute Gasteiger partial charge is 0.00642 e. The largest absolute Gasteiger partial charge is 0.330 e. The van der Waals surface area contributed by atoms with Gasteiger partial charge in [0.2, 0.25) is 0 Å². The van der Waals surface area contributed by atoms with Gasteiger partial charge < -0.3 is 11.1 Å². The molecule has 0 fully saturated rings. The average Bonchev–Trinajstić information content (AvgIpc) is 2.10. The standard InChI is InChI=1S/C10H24N2/c1-4-9(2)10(3)12-8-6-5-7-11/h9-10,12H,4-8,11H2,1-3H3. The van der Waals surface area contributed by atoms with Crippen LogP contribution in [0.3, 0.4) is 0 Å². The quantitative estimate of drug-likeness (QED) is 0.574. The van der Waals surface area contributed by atoms with Gasteiger partial charge in [-0.15, -0.1) is 0 Å². The minimum Gasteiger partial charge on any atom is -0.330 e. The topological polar surface area (TPSA) is 38.0 Å². The second kappa shape index (κ2) is 7.56. The summed E-state index contributed by atoms with van der Waals surface area (Å²) in [5.41, 5.74) is 5.40. The SMILES string of the molecule is CCC(C)C(C)NCCCCN. The Bertz CT molecular complexity index is 93.8. The Morgan fingerprint density at radius 1 is 1.25 bits per heavy atom. The summed E-state index contributed by atoms with van der Waals surface area (Å²) in [5.74, 6) is 0.780. The first-order valence-corrected chi connectivity index (χ1v) is 5.15. The lowest BCUT2D eigenvalue weighted by Gasteiger charge is -2.19. The molecule has 0 spiro atoms. The van der Waals surface area contributed by atoms with Crippen LogP contribution in [0.4, 0.5) is 0 Å². The van der Waals surface area contributed by atoms with E-state index in [1.165, 1.54) is 12.8 Å². The van der Waals surface area contributed by atoms with E-state index in [9.17, 15) is 0 Å². The summed E-state index contributed by atoms with van der Waals surface area (Å²) >= 11 is 0. The molecule has 0 aliphatic carbocycles. The van der Waals surface area contributed by atoms with Crippen molar-refractivity contribution >= 4 is 0 Å². The van der Waals surface area contributed by atoms with Gasteiger partial charge in [-0.3, -0.25) is 0 Å². The summed E-state index contributed by atoms with van der Waals surface area (Å²) in [6.07, 6.45) is 3.60. The Hall–Kier alpha value is -0.0800. The first-order valence-electron chi connectivity index (χ1n) is 5.15. The van der Waals surface area contributed by atoms with Crippen LogP contribution in [0, 0.1) is 5.92 Å². The van der Waals surface area contributed by atoms with Gasteiger partial charge in [-0.05, 0) is 38.8 Å². The zero-order valence-corrected chi connectivity index (χ0v) is 8.77. The summed E-state index contributed by atoms with van der Waals surface area (Å²) in [5, 5.41) is 3.51. The lowest BCUT2D eigenvalue weighted by atomic mass is 10.0. The fourth-order valence-corrected chi connectivity index (χ4v) is 1.15. The molecule has 2 heteroatoms. The van der Waals surface area contributed by atoms with Crippen LogP contribution in [0.1, 0.15) is 40.0 Å². The van der Waals surface area contributed by atoms with Gasteiger partial charge in [-0.25, -0.2) is 0 Å². The first kappa shape index (κ1) is 11.9. The molecular formula is C10H24N2. The summed E-state index contributed by atoms with van der Waals surface area (Å²) < 4.78 is 0. The second-order valence-corrected chi connectivity index (χ2v) is 3.62. The molecule has 2 unspecified atom stereocenters. The Labute approximate surface area is 76.9 Å². The van der Waals surface area contributed by atoms with Gasteiger partial charge in [0.15, 0.2) is 0 Å². The van der Waals surface area contributed by atoms with Crippen molar-refractivity contribution in [3.63, 3.8) is 0 Å². The molecule has 0 saturated carbocycles. The average molecular weight is 172 g/mol. The van der Waals surface area contributed by atoms with Crippen LogP contribution in [0.25, 0.3) is 0 Å². The Morgan fingerprint density at radius 3 is 2.42 bits per heavy atom. The molecule has 2 nitrogen and oxygen atoms in total. The van der Waals surface area contributed by atoms with Gasteiger partial charge in [0.25, 0.3) is 0 Å². The molecule has 0 aliphatic rings. The Morgan fingerprint density at radius 2 is 1.92 bits per heavy atom. The van der Waals surface area contributed by atoms with Crippen LogP contribution in [-0.4, -0.2) is 19.1 Å². The van der Waals surface area contributed by atoms with Crippen molar-refractivity contribution in [2.75, 3.05) is 13.1 Å². The minimum absolute atomic E-state index is 0.646. The van der Waals surface area contributed by atoms with Crippen LogP contribution in [0.5, 0.6) is 0 Å². The summed E-state index contributed by atoms with van der Waals surface area (Å²) in [7, 11) is 0. The summed E-state index contributed by atoms with van der Waals surface area (Å²) in [6.45, 7) is 8.72. The van der Waals surface area contributed by atoms with Gasteiger partial charge in [-0.1, -0.05) is 20.3 Å². The zero-order chi connectivity index (χ0) is 9.40. The normalized spacial score (nSPS) is 16.0. The molecular weight excluding hydrogens is 148 g/mol. The van der Waals surface area contributed by atoms with Gasteiger partial charge >= 0.3 is 0 Å². The van der Waals surface area contributed by atoms with E-state index in [0.29, 0.717) is 6.04 Å². The van der Waals surface area contributed by atoms with Crippen LogP contribution in [0.2, 0.25) is 0 Å². The van der Waals surface area contributed by atoms with E-state index in [1.807, 2.05) is 0 Å². The highest BCUT2D eigenvalue weighted by atomic mass is 14.9. The summed E-state index contributed by atoms with van der Waals surface area (Å²) in [6, 6.07) is 0.646. The fourth-order valence-electron chi connectivity index (χ4n) is 1.15. The van der Waals surface area contributed by atoms with E-state index in [0.717, 1.165) is 25.4 Å². The molecule has 74 valence electrons. The first-order chi connectivity index (χ1) is 5.72. The van der Waals surface area contributed by atoms with E-state index in [4.69, 9.17) is 5.73 Å². The Balaban J connectivity index is 3.24. The molecule has 0 rings (SSSR count). The van der Waals surface area contributed by atoms with E-state index < -0.39 is 0 Å². The third-order valence-electron chi connectivity index (χ3n) is 2.59. The van der Waals surface area contributed by atoms with Crippen molar-refractivity contribution in [1.29, 1.82) is 0 Å². The lowest BCUT2D eigenvalue weighted by molar-refractivity contribution is 0.388. The number of hydrogen-bond acceptors (Lipinski definition) is 2. The van der Waals surface area contributed by atoms with Gasteiger partial charge in [0.05, 0.1) is 0 Å². The lowest BCUT2D eigenvalue weighted by Crippen LogP contribution is -2.32. The highest BCUT2D eigenvalue weighted by molar-refractivity contribution is 4.66. The predicted octanol–water partition coefficient (Wildman–Crippen LogP) is 1.75. The number of nitrogens with one attached hydrogen (secondary N) is 1. The zero-order valence-electron chi connectivity index (χ0n) is 8.77. The minimum atomic E-state index is 0.646. The maximum absolute atomic E-state index is 5.40. The van der Waals surface area contributed by atoms with Crippen molar-refractivity contribution in [2.45, 2.75) is 46.1 Å². The Kier molecular flexibility index (Phi) is 7.51. The van der Waals surface area contributed by atoms with Crippen LogP contribution >= 0.6 is 0 Å². The molecule has 0 radical (unpaired) electrons. The molecule has 0 aliphatic heterocycles. The van der Waals surface area contributed by atoms with Crippen molar-refractivity contribution < 1.29 is 0 Å². The van der Waals surface area contributed by atoms with Crippen molar-refractivity contribution in [2.24, 2.45) is 11.7 Å². The monoisotopic (exact) mass is 172 g/mol. The number of rotatable bonds is 7. The molecule has 0 bridgehead atoms. The van der Waals surface area contributed by atoms with E-state index in [2.05, 4.69) is 26.1 Å². The van der Waals surface area contributed by atoms with Crippen molar-refractivity contribution in [3.05, 3.63) is 0 Å². The number of nitrogens with two attached hydrogens (primary N) is 1. The molecule has 0 amide bonds. The molecule has 3 N–H and O–H groups in total. The van der Waals surface area contributed by atoms with E-state index in [1.54, 1.807) is 0 Å². The maximum atomic E-state index is 5.40. The van der Waals surface area contributed by atoms with Gasteiger partial charge in [0.1, 0.15) is 0 Å². The molecule has 0 aromatic carbocycles. The third kappa shape index (κ3) is 5.56. The van der Waals surface area contributed by atoms with Gasteiger partial charge in [0, 0.05) is 6.04 Å². The molecule has 0 aromatic rings.